The lowest BCUT2D eigenvalue weighted by Gasteiger charge is -2.00. The van der Waals surface area contributed by atoms with Crippen LogP contribution in [-0.4, -0.2) is 35.0 Å². The topological polar surface area (TPSA) is 52.0 Å². The zero-order chi connectivity index (χ0) is 14.5. The molecule has 0 amide bonds. The highest BCUT2D eigenvalue weighted by molar-refractivity contribution is 7.18. The summed E-state index contributed by atoms with van der Waals surface area (Å²) in [5.41, 5.74) is 2.23. The smallest absolute Gasteiger partial charge is 0.115 e. The number of hydrogen-bond donors (Lipinski definition) is 1. The third-order valence-electron chi connectivity index (χ3n) is 3.13. The fourth-order valence-corrected chi connectivity index (χ4v) is 3.08. The fourth-order valence-electron chi connectivity index (χ4n) is 2.12. The highest BCUT2D eigenvalue weighted by atomic mass is 32.1. The minimum atomic E-state index is 0.720. The molecule has 2 heterocycles. The number of thiazole rings is 1. The maximum Gasteiger partial charge on any atom is 0.115 e. The van der Waals surface area contributed by atoms with E-state index in [1.54, 1.807) is 18.4 Å². The van der Waals surface area contributed by atoms with Gasteiger partial charge in [0.05, 0.1) is 29.6 Å². The van der Waals surface area contributed by atoms with Crippen LogP contribution in [0.5, 0.6) is 0 Å². The maximum absolute atomic E-state index is 5.00. The molecule has 0 atom stereocenters. The Labute approximate surface area is 127 Å². The van der Waals surface area contributed by atoms with Gasteiger partial charge < -0.3 is 10.1 Å². The van der Waals surface area contributed by atoms with Crippen LogP contribution in [0.15, 0.2) is 36.7 Å². The van der Waals surface area contributed by atoms with E-state index in [-0.39, 0.29) is 0 Å². The second-order valence-corrected chi connectivity index (χ2v) is 5.91. The van der Waals surface area contributed by atoms with Crippen molar-refractivity contribution < 1.29 is 4.74 Å². The van der Waals surface area contributed by atoms with E-state index in [2.05, 4.69) is 27.7 Å². The summed E-state index contributed by atoms with van der Waals surface area (Å²) in [4.78, 5) is 4.63. The highest BCUT2D eigenvalue weighted by Gasteiger charge is 2.05. The zero-order valence-electron chi connectivity index (χ0n) is 12.0. The Hall–Kier alpha value is -1.76. The lowest BCUT2D eigenvalue weighted by molar-refractivity contribution is 0.199. The number of ether oxygens (including phenoxy) is 1. The predicted molar refractivity (Wildman–Crippen MR) is 84.5 cm³/mol. The molecule has 0 aliphatic rings. The van der Waals surface area contributed by atoms with Gasteiger partial charge in [-0.2, -0.15) is 5.10 Å². The van der Waals surface area contributed by atoms with Crippen LogP contribution in [-0.2, 0) is 17.8 Å². The Morgan fingerprint density at radius 1 is 1.33 bits per heavy atom. The second kappa shape index (κ2) is 6.80. The molecule has 21 heavy (non-hydrogen) atoms. The van der Waals surface area contributed by atoms with E-state index in [0.29, 0.717) is 0 Å². The highest BCUT2D eigenvalue weighted by Crippen LogP contribution is 2.22. The molecule has 0 radical (unpaired) electrons. The van der Waals surface area contributed by atoms with Crippen molar-refractivity contribution in [2.24, 2.45) is 0 Å². The minimum absolute atomic E-state index is 0.720. The Balaban J connectivity index is 1.61. The van der Waals surface area contributed by atoms with E-state index < -0.39 is 0 Å². The first-order valence-corrected chi connectivity index (χ1v) is 7.72. The van der Waals surface area contributed by atoms with Crippen LogP contribution in [0.2, 0.25) is 0 Å². The monoisotopic (exact) mass is 302 g/mol. The average molecular weight is 302 g/mol. The standard InChI is InChI=1S/C15H18N4OS/c1-20-7-6-16-8-12-9-17-19(10-12)11-15-18-13-4-2-3-5-14(13)21-15/h2-5,9-10,16H,6-8,11H2,1H3. The summed E-state index contributed by atoms with van der Waals surface area (Å²) in [6.45, 7) is 3.10. The number of nitrogens with one attached hydrogen (secondary N) is 1. The van der Waals surface area contributed by atoms with Gasteiger partial charge in [0.15, 0.2) is 0 Å². The van der Waals surface area contributed by atoms with Crippen LogP contribution in [0.1, 0.15) is 10.6 Å². The molecule has 2 aromatic heterocycles. The van der Waals surface area contributed by atoms with Gasteiger partial charge in [0.2, 0.25) is 0 Å². The number of benzene rings is 1. The van der Waals surface area contributed by atoms with Crippen molar-refractivity contribution in [3.8, 4) is 0 Å². The average Bonchev–Trinajstić information content (AvgIpc) is 3.10. The van der Waals surface area contributed by atoms with Crippen LogP contribution < -0.4 is 5.32 Å². The van der Waals surface area contributed by atoms with Gasteiger partial charge in [-0.3, -0.25) is 4.68 Å². The predicted octanol–water partition coefficient (Wildman–Crippen LogP) is 2.28. The first-order valence-electron chi connectivity index (χ1n) is 6.90. The number of rotatable bonds is 7. The Bertz CT molecular complexity index is 673. The zero-order valence-corrected chi connectivity index (χ0v) is 12.8. The summed E-state index contributed by atoms with van der Waals surface area (Å²) in [7, 11) is 1.71. The molecule has 0 unspecified atom stereocenters. The second-order valence-electron chi connectivity index (χ2n) is 4.79. The van der Waals surface area contributed by atoms with E-state index in [9.17, 15) is 0 Å². The molecule has 3 rings (SSSR count). The molecule has 0 aliphatic heterocycles. The van der Waals surface area contributed by atoms with Gasteiger partial charge in [-0.25, -0.2) is 4.98 Å². The minimum Gasteiger partial charge on any atom is -0.383 e. The SMILES string of the molecule is COCCNCc1cnn(Cc2nc3ccccc3s2)c1. The molecule has 5 nitrogen and oxygen atoms in total. The summed E-state index contributed by atoms with van der Waals surface area (Å²) in [5, 5.41) is 8.78. The normalized spacial score (nSPS) is 11.3. The van der Waals surface area contributed by atoms with Crippen molar-refractivity contribution in [3.05, 3.63) is 47.2 Å². The summed E-state index contributed by atoms with van der Waals surface area (Å²) in [6.07, 6.45) is 3.96. The van der Waals surface area contributed by atoms with Gasteiger partial charge in [0.25, 0.3) is 0 Å². The summed E-state index contributed by atoms with van der Waals surface area (Å²) in [6, 6.07) is 8.21. The summed E-state index contributed by atoms with van der Waals surface area (Å²) in [5.74, 6) is 0. The molecule has 0 fully saturated rings. The first-order chi connectivity index (χ1) is 10.3. The number of fused-ring (bicyclic) bond motifs is 1. The molecule has 0 bridgehead atoms. The van der Waals surface area contributed by atoms with Gasteiger partial charge in [0, 0.05) is 32.0 Å². The van der Waals surface area contributed by atoms with Crippen LogP contribution in [0, 0.1) is 0 Å². The summed E-state index contributed by atoms with van der Waals surface area (Å²) < 4.78 is 8.16. The third-order valence-corrected chi connectivity index (χ3v) is 4.16. The van der Waals surface area contributed by atoms with Crippen molar-refractivity contribution in [1.29, 1.82) is 0 Å². The Kier molecular flexibility index (Phi) is 4.59. The molecular weight excluding hydrogens is 284 g/mol. The van der Waals surface area contributed by atoms with Crippen molar-refractivity contribution in [2.45, 2.75) is 13.1 Å². The molecule has 0 saturated heterocycles. The number of methoxy groups -OCH3 is 1. The Morgan fingerprint density at radius 3 is 3.10 bits per heavy atom. The van der Waals surface area contributed by atoms with E-state index in [4.69, 9.17) is 4.74 Å². The van der Waals surface area contributed by atoms with Gasteiger partial charge >= 0.3 is 0 Å². The van der Waals surface area contributed by atoms with Crippen LogP contribution >= 0.6 is 11.3 Å². The number of hydrogen-bond acceptors (Lipinski definition) is 5. The largest absolute Gasteiger partial charge is 0.383 e. The molecule has 0 saturated carbocycles. The Morgan fingerprint density at radius 2 is 2.24 bits per heavy atom. The molecule has 1 N–H and O–H groups in total. The van der Waals surface area contributed by atoms with E-state index in [1.165, 1.54) is 10.3 Å². The number of nitrogens with zero attached hydrogens (tertiary/aromatic N) is 3. The fraction of sp³-hybridized carbons (Fsp3) is 0.333. The van der Waals surface area contributed by atoms with Crippen molar-refractivity contribution in [2.75, 3.05) is 20.3 Å². The van der Waals surface area contributed by atoms with E-state index >= 15 is 0 Å². The van der Waals surface area contributed by atoms with Crippen LogP contribution in [0.3, 0.4) is 0 Å². The third kappa shape index (κ3) is 3.66. The molecule has 0 aliphatic carbocycles. The van der Waals surface area contributed by atoms with E-state index in [1.807, 2.05) is 29.1 Å². The van der Waals surface area contributed by atoms with Gasteiger partial charge in [-0.05, 0) is 12.1 Å². The van der Waals surface area contributed by atoms with Gasteiger partial charge in [-0.15, -0.1) is 11.3 Å². The maximum atomic E-state index is 5.00. The van der Waals surface area contributed by atoms with Crippen molar-refractivity contribution in [3.63, 3.8) is 0 Å². The van der Waals surface area contributed by atoms with Crippen molar-refractivity contribution in [1.82, 2.24) is 20.1 Å². The molecule has 1 aromatic carbocycles. The van der Waals surface area contributed by atoms with Crippen LogP contribution in [0.4, 0.5) is 0 Å². The van der Waals surface area contributed by atoms with E-state index in [0.717, 1.165) is 36.8 Å². The lowest BCUT2D eigenvalue weighted by Crippen LogP contribution is -2.18. The molecule has 6 heteroatoms. The van der Waals surface area contributed by atoms with Crippen molar-refractivity contribution >= 4 is 21.6 Å². The quantitative estimate of drug-likeness (QED) is 0.680. The van der Waals surface area contributed by atoms with Crippen LogP contribution in [0.25, 0.3) is 10.2 Å². The lowest BCUT2D eigenvalue weighted by atomic mass is 10.3. The molecule has 3 aromatic rings. The first kappa shape index (κ1) is 14.2. The number of aromatic nitrogens is 3. The van der Waals surface area contributed by atoms with Gasteiger partial charge in [0.1, 0.15) is 5.01 Å². The number of para-hydroxylation sites is 1. The van der Waals surface area contributed by atoms with Gasteiger partial charge in [-0.1, -0.05) is 12.1 Å². The molecular formula is C15H18N4OS. The molecule has 110 valence electrons. The molecule has 0 spiro atoms. The summed E-state index contributed by atoms with van der Waals surface area (Å²) >= 11 is 1.72.